The molecule has 0 unspecified atom stereocenters. The summed E-state index contributed by atoms with van der Waals surface area (Å²) in [4.78, 5) is 21.6. The van der Waals surface area contributed by atoms with Gasteiger partial charge in [0.25, 0.3) is 0 Å². The first kappa shape index (κ1) is 22.2. The molecule has 0 bridgehead atoms. The summed E-state index contributed by atoms with van der Waals surface area (Å²) in [5.74, 6) is -1.01. The first-order valence-electron chi connectivity index (χ1n) is 7.54. The third kappa shape index (κ3) is 17.9. The fourth-order valence-electron chi connectivity index (χ4n) is 1.86. The van der Waals surface area contributed by atoms with Gasteiger partial charge in [-0.2, -0.15) is 0 Å². The molecule has 0 aromatic carbocycles. The molecule has 114 valence electrons. The topological polar surface area (TPSA) is 63.6 Å². The van der Waals surface area contributed by atoms with Crippen molar-refractivity contribution in [3.8, 4) is 0 Å². The van der Waals surface area contributed by atoms with Crippen LogP contribution in [0.2, 0.25) is 0 Å². The normalized spacial score (nSPS) is 9.85. The van der Waals surface area contributed by atoms with Gasteiger partial charge < -0.3 is 9.84 Å². The summed E-state index contributed by atoms with van der Waals surface area (Å²) in [7, 11) is 0. The van der Waals surface area contributed by atoms with Gasteiger partial charge in [0, 0.05) is 12.8 Å². The number of aliphatic carboxylic acids is 1. The molecule has 0 heterocycles. The molecule has 20 heavy (non-hydrogen) atoms. The summed E-state index contributed by atoms with van der Waals surface area (Å²) in [5.41, 5.74) is 0. The first-order valence-corrected chi connectivity index (χ1v) is 7.54. The molecule has 0 rings (SSSR count). The second-order valence-electron chi connectivity index (χ2n) is 4.94. The Morgan fingerprint density at radius 3 is 2.00 bits per heavy atom. The van der Waals surface area contributed by atoms with E-state index in [9.17, 15) is 9.59 Å². The van der Waals surface area contributed by atoms with Crippen LogP contribution in [0.1, 0.15) is 77.6 Å². The maximum atomic E-state index is 11.3. The van der Waals surface area contributed by atoms with Crippen LogP contribution in [0.25, 0.3) is 0 Å². The molecule has 0 aromatic heterocycles. The summed E-state index contributed by atoms with van der Waals surface area (Å²) >= 11 is 0. The van der Waals surface area contributed by atoms with E-state index in [1.54, 1.807) is 0 Å². The summed E-state index contributed by atoms with van der Waals surface area (Å²) < 4.78 is 5.09. The van der Waals surface area contributed by atoms with Crippen molar-refractivity contribution < 1.29 is 19.4 Å². The number of esters is 1. The quantitative estimate of drug-likeness (QED) is 0.322. The van der Waals surface area contributed by atoms with Crippen molar-refractivity contribution in [2.24, 2.45) is 0 Å². The zero-order chi connectivity index (χ0) is 14.3. The minimum absolute atomic E-state index is 0. The standard InChI is InChI=1S/C15H28O4.Na.H/c1-2-3-4-5-6-7-10-13-19-15(18)12-9-8-11-14(16)17;;/h2-13H2,1H3,(H,16,17);;. The average molecular weight is 296 g/mol. The van der Waals surface area contributed by atoms with Crippen LogP contribution in [0.4, 0.5) is 0 Å². The van der Waals surface area contributed by atoms with Crippen LogP contribution in [-0.4, -0.2) is 53.2 Å². The van der Waals surface area contributed by atoms with Gasteiger partial charge in [0.15, 0.2) is 0 Å². The Morgan fingerprint density at radius 2 is 1.40 bits per heavy atom. The number of ether oxygens (including phenoxy) is 1. The molecule has 0 saturated heterocycles. The van der Waals surface area contributed by atoms with Crippen LogP contribution in [0.3, 0.4) is 0 Å². The van der Waals surface area contributed by atoms with Crippen LogP contribution >= 0.6 is 0 Å². The predicted molar refractivity (Wildman–Crippen MR) is 82.2 cm³/mol. The third-order valence-corrected chi connectivity index (χ3v) is 3.03. The van der Waals surface area contributed by atoms with Crippen LogP contribution in [0.5, 0.6) is 0 Å². The molecular weight excluding hydrogens is 267 g/mol. The number of carbonyl (C=O) groups is 2. The molecule has 0 aliphatic heterocycles. The van der Waals surface area contributed by atoms with Crippen molar-refractivity contribution >= 4 is 41.5 Å². The van der Waals surface area contributed by atoms with Gasteiger partial charge in [-0.3, -0.25) is 9.59 Å². The average Bonchev–Trinajstić information content (AvgIpc) is 2.37. The van der Waals surface area contributed by atoms with Crippen molar-refractivity contribution in [3.05, 3.63) is 0 Å². The van der Waals surface area contributed by atoms with Gasteiger partial charge in [-0.1, -0.05) is 45.4 Å². The first-order chi connectivity index (χ1) is 9.16. The number of hydrogen-bond acceptors (Lipinski definition) is 3. The molecule has 5 heteroatoms. The molecular formula is C15H29NaO4. The van der Waals surface area contributed by atoms with Gasteiger partial charge in [0.2, 0.25) is 0 Å². The number of carboxylic acid groups (broad SMARTS) is 1. The molecule has 0 fully saturated rings. The van der Waals surface area contributed by atoms with Crippen molar-refractivity contribution in [2.75, 3.05) is 6.61 Å². The fourth-order valence-corrected chi connectivity index (χ4v) is 1.86. The Balaban J connectivity index is 0. The van der Waals surface area contributed by atoms with Gasteiger partial charge in [0.05, 0.1) is 6.61 Å². The van der Waals surface area contributed by atoms with Gasteiger partial charge in [-0.15, -0.1) is 0 Å². The molecule has 0 aliphatic rings. The number of carboxylic acids is 1. The van der Waals surface area contributed by atoms with Crippen molar-refractivity contribution in [1.29, 1.82) is 0 Å². The molecule has 4 nitrogen and oxygen atoms in total. The van der Waals surface area contributed by atoms with Gasteiger partial charge in [-0.05, 0) is 19.3 Å². The van der Waals surface area contributed by atoms with Crippen molar-refractivity contribution in [3.63, 3.8) is 0 Å². The Hall–Kier alpha value is -0.0600. The van der Waals surface area contributed by atoms with E-state index in [0.717, 1.165) is 12.8 Å². The minimum atomic E-state index is -0.809. The monoisotopic (exact) mass is 296 g/mol. The molecule has 0 aliphatic carbocycles. The van der Waals surface area contributed by atoms with Crippen molar-refractivity contribution in [2.45, 2.75) is 77.6 Å². The molecule has 0 amide bonds. The van der Waals surface area contributed by atoms with E-state index in [1.165, 1.54) is 32.1 Å². The van der Waals surface area contributed by atoms with E-state index in [-0.39, 0.29) is 41.9 Å². The number of unbranched alkanes of at least 4 members (excludes halogenated alkanes) is 7. The van der Waals surface area contributed by atoms with Gasteiger partial charge >= 0.3 is 41.5 Å². The summed E-state index contributed by atoms with van der Waals surface area (Å²) in [6, 6.07) is 0. The molecule has 0 radical (unpaired) electrons. The van der Waals surface area contributed by atoms with Crippen LogP contribution < -0.4 is 0 Å². The van der Waals surface area contributed by atoms with E-state index in [0.29, 0.717) is 25.9 Å². The maximum absolute atomic E-state index is 11.3. The van der Waals surface area contributed by atoms with Gasteiger partial charge in [-0.25, -0.2) is 0 Å². The molecule has 1 N–H and O–H groups in total. The van der Waals surface area contributed by atoms with Crippen molar-refractivity contribution in [1.82, 2.24) is 0 Å². The number of rotatable bonds is 13. The predicted octanol–water partition coefficient (Wildman–Crippen LogP) is 3.28. The number of carbonyl (C=O) groups excluding carboxylic acids is 1. The Morgan fingerprint density at radius 1 is 0.850 bits per heavy atom. The SMILES string of the molecule is CCCCCCCCCOC(=O)CCCCC(=O)O.[NaH]. The van der Waals surface area contributed by atoms with Crippen LogP contribution in [0.15, 0.2) is 0 Å². The second-order valence-corrected chi connectivity index (χ2v) is 4.94. The number of hydrogen-bond donors (Lipinski definition) is 1. The zero-order valence-electron chi connectivity index (χ0n) is 12.2. The molecule has 0 atom stereocenters. The molecule has 0 saturated carbocycles. The van der Waals surface area contributed by atoms with E-state index in [2.05, 4.69) is 6.92 Å². The zero-order valence-corrected chi connectivity index (χ0v) is 12.2. The summed E-state index contributed by atoms with van der Waals surface area (Å²) in [5, 5.41) is 8.44. The second kappa shape index (κ2) is 17.0. The van der Waals surface area contributed by atoms with E-state index in [4.69, 9.17) is 9.84 Å². The van der Waals surface area contributed by atoms with Crippen LogP contribution in [0, 0.1) is 0 Å². The Kier molecular flexibility index (Phi) is 18.9. The summed E-state index contributed by atoms with van der Waals surface area (Å²) in [6.45, 7) is 2.71. The van der Waals surface area contributed by atoms with E-state index >= 15 is 0 Å². The van der Waals surface area contributed by atoms with E-state index < -0.39 is 5.97 Å². The third-order valence-electron chi connectivity index (χ3n) is 3.03. The Labute approximate surface area is 144 Å². The van der Waals surface area contributed by atoms with Gasteiger partial charge in [0.1, 0.15) is 0 Å². The summed E-state index contributed by atoms with van der Waals surface area (Å²) in [6.07, 6.45) is 10.0. The van der Waals surface area contributed by atoms with Crippen LogP contribution in [-0.2, 0) is 14.3 Å². The molecule has 0 aromatic rings. The van der Waals surface area contributed by atoms with E-state index in [1.807, 2.05) is 0 Å². The fraction of sp³-hybridized carbons (Fsp3) is 0.867. The molecule has 0 spiro atoms. The Bertz CT molecular complexity index is 244.